The van der Waals surface area contributed by atoms with E-state index in [0.29, 0.717) is 11.5 Å². The first-order valence-corrected chi connectivity index (χ1v) is 9.36. The molecule has 1 aromatic carbocycles. The van der Waals surface area contributed by atoms with Crippen LogP contribution in [0.15, 0.2) is 24.4 Å². The summed E-state index contributed by atoms with van der Waals surface area (Å²) in [6.07, 6.45) is -2.59. The summed E-state index contributed by atoms with van der Waals surface area (Å²) in [4.78, 5) is 28.6. The number of nitrogens with one attached hydrogen (secondary N) is 2. The lowest BCUT2D eigenvalue weighted by atomic mass is 9.87. The molecule has 0 amide bonds. The third-order valence-electron chi connectivity index (χ3n) is 4.54. The number of rotatable bonds is 4. The summed E-state index contributed by atoms with van der Waals surface area (Å²) in [7, 11) is 0. The van der Waals surface area contributed by atoms with Crippen LogP contribution in [0.1, 0.15) is 30.5 Å². The summed E-state index contributed by atoms with van der Waals surface area (Å²) >= 11 is 6.18. The van der Waals surface area contributed by atoms with Crippen molar-refractivity contribution in [3.8, 4) is 0 Å². The first-order chi connectivity index (χ1) is 14.3. The van der Waals surface area contributed by atoms with Gasteiger partial charge in [-0.25, -0.2) is 14.8 Å². The molecule has 2 aromatic rings. The second kappa shape index (κ2) is 9.48. The molecule has 1 aromatic heterocycles. The summed E-state index contributed by atoms with van der Waals surface area (Å²) in [5.74, 6) is -3.39. The van der Waals surface area contributed by atoms with Gasteiger partial charge in [0.15, 0.2) is 0 Å². The number of anilines is 2. The average Bonchev–Trinajstić information content (AvgIpc) is 2.67. The number of benzene rings is 1. The number of hydrogen-bond donors (Lipinski definition) is 4. The van der Waals surface area contributed by atoms with E-state index in [1.54, 1.807) is 13.8 Å². The molecule has 0 fully saturated rings. The van der Waals surface area contributed by atoms with Gasteiger partial charge in [0.05, 0.1) is 5.41 Å². The predicted octanol–water partition coefficient (Wildman–Crippen LogP) is 3.51. The maximum atomic E-state index is 11.4. The van der Waals surface area contributed by atoms with Crippen LogP contribution in [0.5, 0.6) is 0 Å². The van der Waals surface area contributed by atoms with Crippen LogP contribution in [0.3, 0.4) is 0 Å². The van der Waals surface area contributed by atoms with Gasteiger partial charge >= 0.3 is 18.1 Å². The van der Waals surface area contributed by atoms with Crippen molar-refractivity contribution in [1.29, 1.82) is 0 Å². The van der Waals surface area contributed by atoms with Crippen LogP contribution >= 0.6 is 11.6 Å². The van der Waals surface area contributed by atoms with Gasteiger partial charge in [-0.1, -0.05) is 17.7 Å². The standard InChI is InChI=1S/C17H19ClN4O2.C2HF3O2/c1-17(2,15(23)24)13-9-20-16(22-14(13)18)21-12-4-3-10-5-6-19-8-11(10)7-12;3-2(4,5)1(6)7/h3-4,7,9,19H,5-6,8H2,1-2H3,(H,23,24)(H,20,21,22);(H,6,7). The fourth-order valence-corrected chi connectivity index (χ4v) is 3.01. The summed E-state index contributed by atoms with van der Waals surface area (Å²) in [5.41, 5.74) is 2.71. The van der Waals surface area contributed by atoms with Crippen LogP contribution in [-0.2, 0) is 28.0 Å². The Balaban J connectivity index is 0.000000423. The highest BCUT2D eigenvalue weighted by molar-refractivity contribution is 6.30. The quantitative estimate of drug-likeness (QED) is 0.511. The number of carboxylic acid groups (broad SMARTS) is 2. The second-order valence-corrected chi connectivity index (χ2v) is 7.52. The van der Waals surface area contributed by atoms with Crippen molar-refractivity contribution in [2.45, 2.75) is 38.4 Å². The second-order valence-electron chi connectivity index (χ2n) is 7.17. The first kappa shape index (κ1) is 24.4. The van der Waals surface area contributed by atoms with Gasteiger partial charge in [-0.3, -0.25) is 4.79 Å². The van der Waals surface area contributed by atoms with Crippen molar-refractivity contribution < 1.29 is 33.0 Å². The van der Waals surface area contributed by atoms with E-state index >= 15 is 0 Å². The zero-order chi connectivity index (χ0) is 23.4. The lowest BCUT2D eigenvalue weighted by molar-refractivity contribution is -0.192. The Morgan fingerprint density at radius 1 is 1.16 bits per heavy atom. The number of nitrogens with zero attached hydrogens (tertiary/aromatic N) is 2. The molecule has 2 heterocycles. The molecule has 12 heteroatoms. The predicted molar refractivity (Wildman–Crippen MR) is 107 cm³/mol. The number of halogens is 4. The van der Waals surface area contributed by atoms with Gasteiger partial charge in [0.2, 0.25) is 5.95 Å². The van der Waals surface area contributed by atoms with E-state index in [9.17, 15) is 23.1 Å². The van der Waals surface area contributed by atoms with E-state index in [0.717, 1.165) is 25.2 Å². The van der Waals surface area contributed by atoms with Crippen LogP contribution in [0, 0.1) is 0 Å². The fraction of sp³-hybridized carbons (Fsp3) is 0.368. The van der Waals surface area contributed by atoms with Gasteiger partial charge < -0.3 is 20.8 Å². The molecule has 0 radical (unpaired) electrons. The van der Waals surface area contributed by atoms with Gasteiger partial charge in [-0.05, 0) is 50.1 Å². The average molecular weight is 461 g/mol. The van der Waals surface area contributed by atoms with E-state index in [4.69, 9.17) is 21.5 Å². The molecule has 1 aliphatic rings. The van der Waals surface area contributed by atoms with Crippen LogP contribution in [0.4, 0.5) is 24.8 Å². The van der Waals surface area contributed by atoms with E-state index < -0.39 is 23.5 Å². The fourth-order valence-electron chi connectivity index (χ4n) is 2.64. The third kappa shape index (κ3) is 6.28. The summed E-state index contributed by atoms with van der Waals surface area (Å²) in [5, 5.41) is 23.0. The molecule has 31 heavy (non-hydrogen) atoms. The zero-order valence-electron chi connectivity index (χ0n) is 16.5. The maximum Gasteiger partial charge on any atom is 0.490 e. The molecule has 0 unspecified atom stereocenters. The molecule has 0 spiro atoms. The van der Waals surface area contributed by atoms with E-state index in [2.05, 4.69) is 32.7 Å². The molecule has 0 aliphatic carbocycles. The van der Waals surface area contributed by atoms with E-state index in [1.807, 2.05) is 6.07 Å². The monoisotopic (exact) mass is 460 g/mol. The Bertz CT molecular complexity index is 983. The number of hydrogen-bond acceptors (Lipinski definition) is 6. The molecule has 0 saturated heterocycles. The van der Waals surface area contributed by atoms with Gasteiger partial charge in [0.1, 0.15) is 5.15 Å². The van der Waals surface area contributed by atoms with Crippen LogP contribution < -0.4 is 10.6 Å². The normalized spacial score (nSPS) is 13.5. The zero-order valence-corrected chi connectivity index (χ0v) is 17.3. The Kier molecular flexibility index (Phi) is 7.45. The molecular weight excluding hydrogens is 441 g/mol. The van der Waals surface area contributed by atoms with Gasteiger partial charge in [-0.15, -0.1) is 0 Å². The van der Waals surface area contributed by atoms with E-state index in [-0.39, 0.29) is 5.15 Å². The van der Waals surface area contributed by atoms with Gasteiger partial charge in [-0.2, -0.15) is 13.2 Å². The molecule has 0 atom stereocenters. The van der Waals surface area contributed by atoms with Crippen molar-refractivity contribution in [3.63, 3.8) is 0 Å². The topological polar surface area (TPSA) is 124 Å². The first-order valence-electron chi connectivity index (χ1n) is 8.98. The van der Waals surface area contributed by atoms with Gasteiger partial charge in [0, 0.05) is 24.0 Å². The maximum absolute atomic E-state index is 11.4. The highest BCUT2D eigenvalue weighted by Crippen LogP contribution is 2.29. The third-order valence-corrected chi connectivity index (χ3v) is 4.83. The molecular formula is C19H20ClF3N4O4. The molecule has 4 N–H and O–H groups in total. The molecule has 0 saturated carbocycles. The number of fused-ring (bicyclic) bond motifs is 1. The number of aromatic nitrogens is 2. The Morgan fingerprint density at radius 2 is 1.81 bits per heavy atom. The Hall–Kier alpha value is -2.92. The SMILES string of the molecule is CC(C)(C(=O)O)c1cnc(Nc2ccc3c(c2)CNCC3)nc1Cl.O=C(O)C(F)(F)F. The smallest absolute Gasteiger partial charge is 0.481 e. The molecule has 1 aliphatic heterocycles. The summed E-state index contributed by atoms with van der Waals surface area (Å²) in [6, 6.07) is 6.15. The highest BCUT2D eigenvalue weighted by atomic mass is 35.5. The van der Waals surface area contributed by atoms with Crippen molar-refractivity contribution in [1.82, 2.24) is 15.3 Å². The minimum Gasteiger partial charge on any atom is -0.481 e. The van der Waals surface area contributed by atoms with Crippen molar-refractivity contribution >= 4 is 35.2 Å². The van der Waals surface area contributed by atoms with Gasteiger partial charge in [0.25, 0.3) is 0 Å². The molecule has 0 bridgehead atoms. The molecule has 3 rings (SSSR count). The summed E-state index contributed by atoms with van der Waals surface area (Å²) < 4.78 is 31.7. The minimum absolute atomic E-state index is 0.138. The molecule has 168 valence electrons. The largest absolute Gasteiger partial charge is 0.490 e. The van der Waals surface area contributed by atoms with E-state index in [1.165, 1.54) is 17.3 Å². The molecule has 8 nitrogen and oxygen atoms in total. The summed E-state index contributed by atoms with van der Waals surface area (Å²) in [6.45, 7) is 4.99. The highest BCUT2D eigenvalue weighted by Gasteiger charge is 2.38. The van der Waals surface area contributed by atoms with Crippen molar-refractivity contribution in [2.75, 3.05) is 11.9 Å². The number of alkyl halides is 3. The Labute approximate surface area is 180 Å². The van der Waals surface area contributed by atoms with Crippen LogP contribution in [-0.4, -0.2) is 44.8 Å². The number of carboxylic acids is 2. The van der Waals surface area contributed by atoms with Crippen molar-refractivity contribution in [2.24, 2.45) is 0 Å². The van der Waals surface area contributed by atoms with Crippen LogP contribution in [0.2, 0.25) is 5.15 Å². The van der Waals surface area contributed by atoms with Crippen molar-refractivity contribution in [3.05, 3.63) is 46.2 Å². The number of aliphatic carboxylic acids is 2. The minimum atomic E-state index is -5.08. The Morgan fingerprint density at radius 3 is 2.35 bits per heavy atom. The van der Waals surface area contributed by atoms with Crippen LogP contribution in [0.25, 0.3) is 0 Å². The lowest BCUT2D eigenvalue weighted by Crippen LogP contribution is -2.29. The number of carbonyl (C=O) groups is 2. The lowest BCUT2D eigenvalue weighted by Gasteiger charge is -2.20.